The van der Waals surface area contributed by atoms with Crippen molar-refractivity contribution >= 4 is 0 Å². The van der Waals surface area contributed by atoms with Crippen LogP contribution in [0.2, 0.25) is 0 Å². The van der Waals surface area contributed by atoms with E-state index in [4.69, 9.17) is 24.5 Å². The number of halogens is 1. The SMILES string of the molecule is CC1N(C)N=N[NH+]1N.[O-][Cl+3]([O-])([O-])[O-]. The van der Waals surface area contributed by atoms with E-state index in [1.807, 2.05) is 14.0 Å². The summed E-state index contributed by atoms with van der Waals surface area (Å²) in [5.41, 5.74) is 0. The Morgan fingerprint density at radius 2 is 1.77 bits per heavy atom. The van der Waals surface area contributed by atoms with Crippen molar-refractivity contribution in [1.82, 2.24) is 5.01 Å². The molecule has 0 radical (unpaired) electrons. The third-order valence-electron chi connectivity index (χ3n) is 1.29. The summed E-state index contributed by atoms with van der Waals surface area (Å²) in [6.45, 7) is 1.95. The maximum Gasteiger partial charge on any atom is 0.220 e. The predicted molar refractivity (Wildman–Crippen MR) is 27.2 cm³/mol. The van der Waals surface area contributed by atoms with Crippen LogP contribution < -0.4 is 29.6 Å². The molecule has 2 unspecified atom stereocenters. The Morgan fingerprint density at radius 3 is 1.85 bits per heavy atom. The zero-order chi connectivity index (χ0) is 10.6. The summed E-state index contributed by atoms with van der Waals surface area (Å²) in [6.07, 6.45) is 0.176. The summed E-state index contributed by atoms with van der Waals surface area (Å²) in [6, 6.07) is 0. The Labute approximate surface area is 76.3 Å². The zero-order valence-electron chi connectivity index (χ0n) is 7.01. The van der Waals surface area contributed by atoms with Crippen molar-refractivity contribution in [3.63, 3.8) is 0 Å². The van der Waals surface area contributed by atoms with Crippen molar-refractivity contribution in [2.45, 2.75) is 13.1 Å². The highest BCUT2D eigenvalue weighted by molar-refractivity contribution is 4.40. The van der Waals surface area contributed by atoms with E-state index in [1.54, 1.807) is 5.01 Å². The second kappa shape index (κ2) is 4.62. The Balaban J connectivity index is 0.000000252. The van der Waals surface area contributed by atoms with Crippen molar-refractivity contribution in [3.8, 4) is 0 Å². The van der Waals surface area contributed by atoms with Crippen LogP contribution in [0, 0.1) is 10.2 Å². The molecule has 78 valence electrons. The fourth-order valence-corrected chi connectivity index (χ4v) is 0.475. The Hall–Kier alpha value is -0.550. The Kier molecular flexibility index (Phi) is 4.43. The van der Waals surface area contributed by atoms with Crippen LogP contribution in [0.25, 0.3) is 0 Å². The van der Waals surface area contributed by atoms with Crippen LogP contribution >= 0.6 is 0 Å². The molecular weight excluding hydrogens is 206 g/mol. The van der Waals surface area contributed by atoms with E-state index >= 15 is 0 Å². The number of quaternary nitrogens is 1. The number of nitrogens with one attached hydrogen (secondary N) is 1. The van der Waals surface area contributed by atoms with Gasteiger partial charge in [0.15, 0.2) is 0 Å². The van der Waals surface area contributed by atoms with Gasteiger partial charge in [-0.25, -0.2) is 23.6 Å². The molecule has 10 heteroatoms. The van der Waals surface area contributed by atoms with Crippen molar-refractivity contribution in [1.29, 1.82) is 0 Å². The molecule has 0 aliphatic carbocycles. The number of hydrogen-bond acceptors (Lipinski definition) is 8. The third kappa shape index (κ3) is 6.60. The molecule has 13 heavy (non-hydrogen) atoms. The Bertz CT molecular complexity index is 165. The molecule has 2 atom stereocenters. The van der Waals surface area contributed by atoms with E-state index in [1.165, 1.54) is 0 Å². The summed E-state index contributed by atoms with van der Waals surface area (Å²) in [5.74, 6) is 5.38. The standard InChI is InChI=1S/C3H9N5.ClHO4/c1-3-7(2)5-6-8(3)4;2-1(3,4)5/h3H,4H2,1-2H3;(H,2,3,4,5). The highest BCUT2D eigenvalue weighted by Crippen LogP contribution is 1.91. The van der Waals surface area contributed by atoms with E-state index < -0.39 is 10.2 Å². The first-order valence-electron chi connectivity index (χ1n) is 3.10. The number of nitrogens with two attached hydrogens (primary N) is 1. The maximum absolute atomic E-state index is 8.49. The molecule has 1 aliphatic rings. The van der Waals surface area contributed by atoms with Crippen LogP contribution in [0.1, 0.15) is 6.92 Å². The summed E-state index contributed by atoms with van der Waals surface area (Å²) < 4.78 is 34.0. The minimum absolute atomic E-state index is 0.176. The molecule has 0 amide bonds. The normalized spacial score (nSPS) is 27.2. The first-order valence-corrected chi connectivity index (χ1v) is 4.34. The van der Waals surface area contributed by atoms with Crippen LogP contribution in [-0.4, -0.2) is 18.2 Å². The topological polar surface area (TPSA) is 151 Å². The van der Waals surface area contributed by atoms with Crippen molar-refractivity contribution < 1.29 is 34.0 Å². The molecule has 0 spiro atoms. The van der Waals surface area contributed by atoms with E-state index in [9.17, 15) is 0 Å². The minimum Gasteiger partial charge on any atom is -0.222 e. The van der Waals surface area contributed by atoms with Gasteiger partial charge in [0.25, 0.3) is 0 Å². The van der Waals surface area contributed by atoms with Crippen LogP contribution in [0.15, 0.2) is 10.4 Å². The van der Waals surface area contributed by atoms with Gasteiger partial charge in [-0.1, -0.05) is 5.12 Å². The highest BCUT2D eigenvalue weighted by Gasteiger charge is 2.23. The summed E-state index contributed by atoms with van der Waals surface area (Å²) in [5, 5.41) is 9.65. The van der Waals surface area contributed by atoms with Gasteiger partial charge in [-0.05, 0) is 5.22 Å². The second-order valence-electron chi connectivity index (χ2n) is 2.24. The lowest BCUT2D eigenvalue weighted by Crippen LogP contribution is -3.16. The van der Waals surface area contributed by atoms with Gasteiger partial charge in [-0.3, -0.25) is 0 Å². The number of hydrogen-bond donors (Lipinski definition) is 2. The van der Waals surface area contributed by atoms with Crippen molar-refractivity contribution in [2.24, 2.45) is 16.3 Å². The molecule has 0 aromatic rings. The molecule has 0 aromatic heterocycles. The molecule has 0 saturated carbocycles. The van der Waals surface area contributed by atoms with E-state index in [0.717, 1.165) is 0 Å². The highest BCUT2D eigenvalue weighted by atomic mass is 35.7. The van der Waals surface area contributed by atoms with Crippen LogP contribution in [0.5, 0.6) is 0 Å². The maximum atomic E-state index is 8.49. The quantitative estimate of drug-likeness (QED) is 0.384. The van der Waals surface area contributed by atoms with Crippen LogP contribution in [0.3, 0.4) is 0 Å². The molecule has 1 aliphatic heterocycles. The lowest BCUT2D eigenvalue weighted by molar-refractivity contribution is -2.00. The van der Waals surface area contributed by atoms with E-state index in [2.05, 4.69) is 10.4 Å². The lowest BCUT2D eigenvalue weighted by atomic mass is 10.6. The lowest BCUT2D eigenvalue weighted by Gasteiger charge is -2.17. The molecule has 0 aromatic carbocycles. The van der Waals surface area contributed by atoms with Crippen molar-refractivity contribution in [3.05, 3.63) is 0 Å². The molecule has 3 N–H and O–H groups in total. The minimum atomic E-state index is -4.94. The number of nitrogens with zero attached hydrogens (tertiary/aromatic N) is 3. The summed E-state index contributed by atoms with van der Waals surface area (Å²) >= 11 is 0. The Morgan fingerprint density at radius 1 is 1.38 bits per heavy atom. The van der Waals surface area contributed by atoms with Gasteiger partial charge in [0.2, 0.25) is 6.17 Å². The smallest absolute Gasteiger partial charge is 0.220 e. The van der Waals surface area contributed by atoms with Gasteiger partial charge < -0.3 is 0 Å². The molecule has 0 saturated heterocycles. The van der Waals surface area contributed by atoms with E-state index in [-0.39, 0.29) is 6.17 Å². The molecule has 0 fully saturated rings. The second-order valence-corrected chi connectivity index (χ2v) is 3.00. The molecule has 1 rings (SSSR count). The summed E-state index contributed by atoms with van der Waals surface area (Å²) in [4.78, 5) is 0. The first kappa shape index (κ1) is 12.4. The average molecular weight is 216 g/mol. The van der Waals surface area contributed by atoms with Crippen LogP contribution in [0.4, 0.5) is 0 Å². The predicted octanol–water partition coefficient (Wildman–Crippen LogP) is -6.44. The van der Waals surface area contributed by atoms with E-state index in [0.29, 0.717) is 5.12 Å². The van der Waals surface area contributed by atoms with Gasteiger partial charge in [-0.15, -0.1) is 10.2 Å². The molecule has 0 bridgehead atoms. The van der Waals surface area contributed by atoms with Gasteiger partial charge >= 0.3 is 0 Å². The summed E-state index contributed by atoms with van der Waals surface area (Å²) in [7, 11) is -3.10. The number of rotatable bonds is 0. The largest absolute Gasteiger partial charge is 0.222 e. The van der Waals surface area contributed by atoms with Gasteiger partial charge in [-0.2, -0.15) is 5.84 Å². The molecule has 1 heterocycles. The van der Waals surface area contributed by atoms with Gasteiger partial charge in [0, 0.05) is 14.0 Å². The third-order valence-corrected chi connectivity index (χ3v) is 1.29. The average Bonchev–Trinajstić information content (AvgIpc) is 2.16. The fraction of sp³-hybridized carbons (Fsp3) is 1.00. The fourth-order valence-electron chi connectivity index (χ4n) is 0.475. The monoisotopic (exact) mass is 215 g/mol. The van der Waals surface area contributed by atoms with Crippen molar-refractivity contribution in [2.75, 3.05) is 7.05 Å². The van der Waals surface area contributed by atoms with Gasteiger partial charge in [0.05, 0.1) is 5.22 Å². The molecular formula is C3H10ClN5O4. The van der Waals surface area contributed by atoms with Crippen LogP contribution in [-0.2, 0) is 0 Å². The molecule has 9 nitrogen and oxygen atoms in total. The van der Waals surface area contributed by atoms with Gasteiger partial charge in [0.1, 0.15) is 0 Å². The first-order chi connectivity index (χ1) is 5.72. The zero-order valence-corrected chi connectivity index (χ0v) is 7.76.